The molecule has 1 aliphatic rings. The van der Waals surface area contributed by atoms with Crippen LogP contribution in [-0.4, -0.2) is 25.0 Å². The van der Waals surface area contributed by atoms with Crippen LogP contribution in [0.2, 0.25) is 0 Å². The number of hydrogen-bond acceptors (Lipinski definition) is 3. The van der Waals surface area contributed by atoms with Gasteiger partial charge in [-0.25, -0.2) is 0 Å². The molecule has 21 heavy (non-hydrogen) atoms. The number of ether oxygens (including phenoxy) is 1. The number of nitrogens with zero attached hydrogens (tertiary/aromatic N) is 1. The molecule has 0 spiro atoms. The number of fused-ring (bicyclic) bond motifs is 1. The van der Waals surface area contributed by atoms with Gasteiger partial charge in [0, 0.05) is 18.0 Å². The van der Waals surface area contributed by atoms with Gasteiger partial charge in [0.05, 0.1) is 12.4 Å². The fraction of sp³-hybridized carbons (Fsp3) is 0.235. The molecule has 0 fully saturated rings. The highest BCUT2D eigenvalue weighted by molar-refractivity contribution is 7.99. The summed E-state index contributed by atoms with van der Waals surface area (Å²) in [5, 5.41) is 0.233. The van der Waals surface area contributed by atoms with Crippen LogP contribution >= 0.6 is 11.8 Å². The summed E-state index contributed by atoms with van der Waals surface area (Å²) in [6, 6.07) is 16.4. The van der Waals surface area contributed by atoms with Crippen LogP contribution in [0.5, 0.6) is 5.75 Å². The summed E-state index contributed by atoms with van der Waals surface area (Å²) in [5.74, 6) is 0.868. The van der Waals surface area contributed by atoms with Gasteiger partial charge in [-0.05, 0) is 35.4 Å². The van der Waals surface area contributed by atoms with E-state index in [9.17, 15) is 4.79 Å². The van der Waals surface area contributed by atoms with E-state index in [2.05, 4.69) is 24.3 Å². The maximum Gasteiger partial charge on any atom is 0.210 e. The van der Waals surface area contributed by atoms with Crippen molar-refractivity contribution in [2.45, 2.75) is 16.7 Å². The monoisotopic (exact) mass is 299 g/mol. The van der Waals surface area contributed by atoms with Crippen molar-refractivity contribution in [3.63, 3.8) is 0 Å². The Hall–Kier alpha value is -1.94. The summed E-state index contributed by atoms with van der Waals surface area (Å²) < 4.78 is 5.34. The molecule has 108 valence electrons. The zero-order valence-corrected chi connectivity index (χ0v) is 12.7. The molecule has 0 saturated heterocycles. The van der Waals surface area contributed by atoms with Crippen molar-refractivity contribution in [1.82, 2.24) is 4.90 Å². The van der Waals surface area contributed by atoms with Crippen molar-refractivity contribution in [1.29, 1.82) is 0 Å². The van der Waals surface area contributed by atoms with Crippen LogP contribution in [0.15, 0.2) is 53.4 Å². The Bertz CT molecular complexity index is 630. The molecule has 1 unspecified atom stereocenters. The van der Waals surface area contributed by atoms with Gasteiger partial charge in [-0.15, -0.1) is 11.8 Å². The van der Waals surface area contributed by atoms with Crippen LogP contribution in [-0.2, 0) is 11.3 Å². The van der Waals surface area contributed by atoms with E-state index in [1.165, 1.54) is 16.0 Å². The minimum absolute atomic E-state index is 0.233. The minimum atomic E-state index is 0.233. The molecule has 2 aromatic carbocycles. The molecule has 4 heteroatoms. The largest absolute Gasteiger partial charge is 0.497 e. The number of rotatable bonds is 4. The van der Waals surface area contributed by atoms with Crippen molar-refractivity contribution in [3.8, 4) is 5.75 Å². The Morgan fingerprint density at radius 3 is 2.76 bits per heavy atom. The molecular weight excluding hydrogens is 282 g/mol. The maximum absolute atomic E-state index is 11.2. The van der Waals surface area contributed by atoms with Gasteiger partial charge in [0.25, 0.3) is 0 Å². The highest BCUT2D eigenvalue weighted by atomic mass is 32.2. The molecule has 1 atom stereocenters. The third kappa shape index (κ3) is 3.05. The van der Waals surface area contributed by atoms with Gasteiger partial charge in [0.15, 0.2) is 0 Å². The predicted molar refractivity (Wildman–Crippen MR) is 84.5 cm³/mol. The fourth-order valence-electron chi connectivity index (χ4n) is 2.58. The average Bonchev–Trinajstić information content (AvgIpc) is 2.55. The first-order valence-electron chi connectivity index (χ1n) is 6.88. The smallest absolute Gasteiger partial charge is 0.210 e. The molecule has 0 aliphatic carbocycles. The number of methoxy groups -OCH3 is 1. The Balaban J connectivity index is 1.94. The van der Waals surface area contributed by atoms with Gasteiger partial charge >= 0.3 is 0 Å². The second-order valence-corrected chi connectivity index (χ2v) is 6.30. The molecule has 1 amide bonds. The quantitative estimate of drug-likeness (QED) is 0.809. The van der Waals surface area contributed by atoms with Crippen LogP contribution in [0, 0.1) is 0 Å². The summed E-state index contributed by atoms with van der Waals surface area (Å²) in [6.45, 7) is 1.40. The van der Waals surface area contributed by atoms with Crippen molar-refractivity contribution in [2.24, 2.45) is 0 Å². The number of carbonyl (C=O) groups excluding carboxylic acids is 1. The minimum Gasteiger partial charge on any atom is -0.497 e. The average molecular weight is 299 g/mol. The van der Waals surface area contributed by atoms with Crippen LogP contribution in [0.4, 0.5) is 0 Å². The number of thioether (sulfide) groups is 1. The first kappa shape index (κ1) is 14.0. The number of benzene rings is 2. The predicted octanol–water partition coefficient (Wildman–Crippen LogP) is 3.50. The Labute approximate surface area is 128 Å². The van der Waals surface area contributed by atoms with Crippen molar-refractivity contribution in [2.75, 3.05) is 13.7 Å². The van der Waals surface area contributed by atoms with E-state index in [0.717, 1.165) is 18.7 Å². The fourth-order valence-corrected chi connectivity index (χ4v) is 3.84. The summed E-state index contributed by atoms with van der Waals surface area (Å²) in [7, 11) is 1.68. The number of carbonyl (C=O) groups is 1. The molecule has 1 aliphatic heterocycles. The first-order chi connectivity index (χ1) is 10.3. The second-order valence-electron chi connectivity index (χ2n) is 5.02. The summed E-state index contributed by atoms with van der Waals surface area (Å²) in [6.07, 6.45) is 0.936. The van der Waals surface area contributed by atoms with E-state index >= 15 is 0 Å². The molecule has 1 heterocycles. The van der Waals surface area contributed by atoms with Gasteiger partial charge in [-0.2, -0.15) is 0 Å². The molecule has 3 nitrogen and oxygen atoms in total. The highest BCUT2D eigenvalue weighted by Crippen LogP contribution is 2.41. The lowest BCUT2D eigenvalue weighted by Crippen LogP contribution is -2.31. The van der Waals surface area contributed by atoms with Gasteiger partial charge in [0.1, 0.15) is 5.75 Å². The molecule has 0 radical (unpaired) electrons. The van der Waals surface area contributed by atoms with Crippen molar-refractivity contribution < 1.29 is 9.53 Å². The molecule has 2 aromatic rings. The molecule has 0 N–H and O–H groups in total. The second kappa shape index (κ2) is 6.22. The van der Waals surface area contributed by atoms with E-state index < -0.39 is 0 Å². The lowest BCUT2D eigenvalue weighted by molar-refractivity contribution is -0.118. The highest BCUT2D eigenvalue weighted by Gasteiger charge is 2.25. The zero-order chi connectivity index (χ0) is 14.7. The Morgan fingerprint density at radius 1 is 1.24 bits per heavy atom. The summed E-state index contributed by atoms with van der Waals surface area (Å²) in [4.78, 5) is 14.2. The number of hydrogen-bond donors (Lipinski definition) is 0. The van der Waals surface area contributed by atoms with E-state index in [1.807, 2.05) is 29.2 Å². The summed E-state index contributed by atoms with van der Waals surface area (Å²) >= 11 is 1.79. The van der Waals surface area contributed by atoms with Crippen LogP contribution in [0.25, 0.3) is 0 Å². The Kier molecular flexibility index (Phi) is 4.15. The zero-order valence-electron chi connectivity index (χ0n) is 11.9. The van der Waals surface area contributed by atoms with Crippen LogP contribution < -0.4 is 4.74 Å². The van der Waals surface area contributed by atoms with Gasteiger partial charge in [-0.1, -0.05) is 24.3 Å². The first-order valence-corrected chi connectivity index (χ1v) is 7.76. The molecule has 0 saturated carbocycles. The van der Waals surface area contributed by atoms with Crippen LogP contribution in [0.3, 0.4) is 0 Å². The Morgan fingerprint density at radius 2 is 2.05 bits per heavy atom. The number of amides is 1. The molecule has 0 aromatic heterocycles. The van der Waals surface area contributed by atoms with E-state index in [4.69, 9.17) is 4.74 Å². The van der Waals surface area contributed by atoms with E-state index in [0.29, 0.717) is 6.54 Å². The maximum atomic E-state index is 11.2. The van der Waals surface area contributed by atoms with Crippen LogP contribution in [0.1, 0.15) is 16.4 Å². The lowest BCUT2D eigenvalue weighted by atomic mass is 9.99. The van der Waals surface area contributed by atoms with Crippen molar-refractivity contribution in [3.05, 3.63) is 59.7 Å². The summed E-state index contributed by atoms with van der Waals surface area (Å²) in [5.41, 5.74) is 2.46. The normalized spacial score (nSPS) is 17.2. The van der Waals surface area contributed by atoms with E-state index in [1.54, 1.807) is 18.9 Å². The van der Waals surface area contributed by atoms with Gasteiger partial charge < -0.3 is 9.64 Å². The molecular formula is C17H17NO2S. The van der Waals surface area contributed by atoms with Gasteiger partial charge in [-0.3, -0.25) is 4.79 Å². The lowest BCUT2D eigenvalue weighted by Gasteiger charge is -2.32. The van der Waals surface area contributed by atoms with Gasteiger partial charge in [0.2, 0.25) is 6.41 Å². The topological polar surface area (TPSA) is 29.5 Å². The standard InChI is InChI=1S/C17H17NO2S/c1-20-14-8-7-13-10-18(12-19)11-17(16(13)9-14)21-15-5-3-2-4-6-15/h2-9,12,17H,10-11H2,1H3. The SMILES string of the molecule is COc1ccc2c(c1)C(Sc1ccccc1)CN(C=O)C2. The van der Waals surface area contributed by atoms with E-state index in [-0.39, 0.29) is 5.25 Å². The molecule has 3 rings (SSSR count). The third-order valence-electron chi connectivity index (χ3n) is 3.64. The molecule has 0 bridgehead atoms. The third-order valence-corrected chi connectivity index (χ3v) is 4.88. The van der Waals surface area contributed by atoms with Crippen molar-refractivity contribution >= 4 is 18.2 Å².